The lowest BCUT2D eigenvalue weighted by Gasteiger charge is -2.15. The van der Waals surface area contributed by atoms with E-state index in [1.165, 1.54) is 11.6 Å². The Morgan fingerprint density at radius 1 is 1.19 bits per heavy atom. The third kappa shape index (κ3) is 3.48. The molecule has 0 bridgehead atoms. The zero-order valence-electron chi connectivity index (χ0n) is 12.5. The average Bonchev–Trinajstić information content (AvgIpc) is 2.51. The molecule has 2 rings (SSSR count). The Bertz CT molecular complexity index is 632. The number of Topliss-reactive ketones (excluding diaryl/α,β-unsaturated/α-hetero) is 1. The fourth-order valence-corrected chi connectivity index (χ4v) is 2.09. The van der Waals surface area contributed by atoms with Crippen molar-refractivity contribution in [1.29, 1.82) is 0 Å². The molecule has 0 amide bonds. The van der Waals surface area contributed by atoms with Gasteiger partial charge in [0, 0.05) is 5.56 Å². The Balaban J connectivity index is 2.13. The molecule has 0 aliphatic heterocycles. The first-order valence-electron chi connectivity index (χ1n) is 7.08. The van der Waals surface area contributed by atoms with Crippen LogP contribution in [0.3, 0.4) is 0 Å². The van der Waals surface area contributed by atoms with Crippen LogP contribution in [0.15, 0.2) is 42.5 Å². The second-order valence-electron chi connectivity index (χ2n) is 5.06. The highest BCUT2D eigenvalue weighted by atomic mass is 19.1. The standard InChI is InChI=1S/C18H19FO2/c1-4-14-8-10-15(11-9-14)18(20)13(3)21-16-7-5-6-12(2)17(16)19/h5-11,13H,4H2,1-3H3. The molecular formula is C18H19FO2. The number of benzene rings is 2. The van der Waals surface area contributed by atoms with E-state index in [0.29, 0.717) is 11.1 Å². The zero-order chi connectivity index (χ0) is 15.4. The predicted octanol–water partition coefficient (Wildman–Crippen LogP) is 4.35. The molecule has 2 nitrogen and oxygen atoms in total. The highest BCUT2D eigenvalue weighted by Crippen LogP contribution is 2.22. The molecule has 1 unspecified atom stereocenters. The first-order chi connectivity index (χ1) is 10.0. The molecule has 0 aromatic heterocycles. The van der Waals surface area contributed by atoms with Crippen LogP contribution in [0, 0.1) is 12.7 Å². The largest absolute Gasteiger partial charge is 0.479 e. The molecule has 21 heavy (non-hydrogen) atoms. The van der Waals surface area contributed by atoms with Crippen molar-refractivity contribution in [2.24, 2.45) is 0 Å². The molecule has 0 saturated carbocycles. The molecule has 110 valence electrons. The summed E-state index contributed by atoms with van der Waals surface area (Å²) in [4.78, 5) is 12.3. The maximum Gasteiger partial charge on any atom is 0.202 e. The number of hydrogen-bond donors (Lipinski definition) is 0. The van der Waals surface area contributed by atoms with E-state index >= 15 is 0 Å². The number of ketones is 1. The molecule has 3 heteroatoms. The van der Waals surface area contributed by atoms with Gasteiger partial charge in [-0.15, -0.1) is 0 Å². The molecule has 0 N–H and O–H groups in total. The highest BCUT2D eigenvalue weighted by molar-refractivity contribution is 5.99. The van der Waals surface area contributed by atoms with Gasteiger partial charge in [0.15, 0.2) is 17.7 Å². The SMILES string of the molecule is CCc1ccc(C(=O)C(C)Oc2cccc(C)c2F)cc1. The van der Waals surface area contributed by atoms with Crippen LogP contribution in [0.25, 0.3) is 0 Å². The summed E-state index contributed by atoms with van der Waals surface area (Å²) in [6, 6.07) is 12.3. The number of carbonyl (C=O) groups excluding carboxylic acids is 1. The number of ether oxygens (including phenoxy) is 1. The first-order valence-corrected chi connectivity index (χ1v) is 7.08. The number of halogens is 1. The summed E-state index contributed by atoms with van der Waals surface area (Å²) in [5, 5.41) is 0. The van der Waals surface area contributed by atoms with Crippen LogP contribution in [0.4, 0.5) is 4.39 Å². The van der Waals surface area contributed by atoms with Gasteiger partial charge in [0.05, 0.1) is 0 Å². The lowest BCUT2D eigenvalue weighted by atomic mass is 10.0. The van der Waals surface area contributed by atoms with Crippen molar-refractivity contribution >= 4 is 5.78 Å². The normalized spacial score (nSPS) is 12.0. The van der Waals surface area contributed by atoms with Crippen molar-refractivity contribution in [3.05, 3.63) is 65.0 Å². The number of aryl methyl sites for hydroxylation is 2. The van der Waals surface area contributed by atoms with Crippen LogP contribution in [0.5, 0.6) is 5.75 Å². The van der Waals surface area contributed by atoms with Crippen LogP contribution in [0.1, 0.15) is 35.3 Å². The van der Waals surface area contributed by atoms with Crippen LogP contribution in [0.2, 0.25) is 0 Å². The summed E-state index contributed by atoms with van der Waals surface area (Å²) in [5.74, 6) is -0.460. The van der Waals surface area contributed by atoms with E-state index in [2.05, 4.69) is 6.92 Å². The average molecular weight is 286 g/mol. The Morgan fingerprint density at radius 3 is 2.48 bits per heavy atom. The minimum atomic E-state index is -0.728. The molecule has 0 radical (unpaired) electrons. The monoisotopic (exact) mass is 286 g/mol. The quantitative estimate of drug-likeness (QED) is 0.764. The second-order valence-corrected chi connectivity index (χ2v) is 5.06. The molecule has 2 aromatic rings. The van der Waals surface area contributed by atoms with Gasteiger partial charge in [-0.2, -0.15) is 0 Å². The smallest absolute Gasteiger partial charge is 0.202 e. The van der Waals surface area contributed by atoms with Crippen molar-refractivity contribution < 1.29 is 13.9 Å². The molecule has 0 heterocycles. The Labute approximate surface area is 124 Å². The van der Waals surface area contributed by atoms with E-state index in [9.17, 15) is 9.18 Å². The lowest BCUT2D eigenvalue weighted by molar-refractivity contribution is 0.0812. The predicted molar refractivity (Wildman–Crippen MR) is 81.4 cm³/mol. The van der Waals surface area contributed by atoms with Crippen LogP contribution in [-0.4, -0.2) is 11.9 Å². The molecule has 0 spiro atoms. The third-order valence-electron chi connectivity index (χ3n) is 3.48. The van der Waals surface area contributed by atoms with E-state index in [1.54, 1.807) is 38.1 Å². The van der Waals surface area contributed by atoms with Gasteiger partial charge >= 0.3 is 0 Å². The summed E-state index contributed by atoms with van der Waals surface area (Å²) in [6.07, 6.45) is 0.198. The summed E-state index contributed by atoms with van der Waals surface area (Å²) < 4.78 is 19.4. The summed E-state index contributed by atoms with van der Waals surface area (Å²) in [6.45, 7) is 5.36. The van der Waals surface area contributed by atoms with Gasteiger partial charge < -0.3 is 4.74 Å². The lowest BCUT2D eigenvalue weighted by Crippen LogP contribution is -2.24. The van der Waals surface area contributed by atoms with Crippen molar-refractivity contribution in [1.82, 2.24) is 0 Å². The van der Waals surface area contributed by atoms with Gasteiger partial charge in [-0.25, -0.2) is 4.39 Å². The topological polar surface area (TPSA) is 26.3 Å². The van der Waals surface area contributed by atoms with Crippen LogP contribution >= 0.6 is 0 Å². The van der Waals surface area contributed by atoms with E-state index in [-0.39, 0.29) is 11.5 Å². The molecule has 0 aliphatic carbocycles. The van der Waals surface area contributed by atoms with E-state index < -0.39 is 11.9 Å². The molecule has 2 aromatic carbocycles. The molecule has 0 saturated heterocycles. The molecular weight excluding hydrogens is 267 g/mol. The van der Waals surface area contributed by atoms with Crippen molar-refractivity contribution in [2.75, 3.05) is 0 Å². The van der Waals surface area contributed by atoms with E-state index in [1.807, 2.05) is 12.1 Å². The second kappa shape index (κ2) is 6.53. The zero-order valence-corrected chi connectivity index (χ0v) is 12.5. The van der Waals surface area contributed by atoms with Gasteiger partial charge in [-0.3, -0.25) is 4.79 Å². The van der Waals surface area contributed by atoms with Gasteiger partial charge in [-0.05, 0) is 37.5 Å². The van der Waals surface area contributed by atoms with Crippen molar-refractivity contribution in [3.63, 3.8) is 0 Å². The summed E-state index contributed by atoms with van der Waals surface area (Å²) in [5.41, 5.74) is 2.25. The van der Waals surface area contributed by atoms with Gasteiger partial charge in [-0.1, -0.05) is 43.3 Å². The molecule has 1 atom stereocenters. The number of carbonyl (C=O) groups is 1. The minimum absolute atomic E-state index is 0.112. The van der Waals surface area contributed by atoms with Crippen LogP contribution in [-0.2, 0) is 6.42 Å². The number of hydrogen-bond acceptors (Lipinski definition) is 2. The minimum Gasteiger partial charge on any atom is -0.479 e. The molecule has 0 aliphatic rings. The maximum atomic E-state index is 13.9. The fourth-order valence-electron chi connectivity index (χ4n) is 2.09. The van der Waals surface area contributed by atoms with E-state index in [0.717, 1.165) is 6.42 Å². The summed E-state index contributed by atoms with van der Waals surface area (Å²) >= 11 is 0. The third-order valence-corrected chi connectivity index (χ3v) is 3.48. The van der Waals surface area contributed by atoms with Crippen molar-refractivity contribution in [3.8, 4) is 5.75 Å². The Hall–Kier alpha value is -2.16. The van der Waals surface area contributed by atoms with Gasteiger partial charge in [0.2, 0.25) is 5.78 Å². The Kier molecular flexibility index (Phi) is 4.73. The Morgan fingerprint density at radius 2 is 1.86 bits per heavy atom. The molecule has 0 fully saturated rings. The number of rotatable bonds is 5. The fraction of sp³-hybridized carbons (Fsp3) is 0.278. The van der Waals surface area contributed by atoms with E-state index in [4.69, 9.17) is 4.74 Å². The highest BCUT2D eigenvalue weighted by Gasteiger charge is 2.18. The van der Waals surface area contributed by atoms with Crippen molar-refractivity contribution in [2.45, 2.75) is 33.3 Å². The maximum absolute atomic E-state index is 13.9. The van der Waals surface area contributed by atoms with Crippen LogP contribution < -0.4 is 4.74 Å². The van der Waals surface area contributed by atoms with Gasteiger partial charge in [0.1, 0.15) is 0 Å². The van der Waals surface area contributed by atoms with Gasteiger partial charge in [0.25, 0.3) is 0 Å². The summed E-state index contributed by atoms with van der Waals surface area (Å²) in [7, 11) is 0. The first kappa shape index (κ1) is 15.2.